The summed E-state index contributed by atoms with van der Waals surface area (Å²) in [6, 6.07) is 20.1. The van der Waals surface area contributed by atoms with Gasteiger partial charge in [0.1, 0.15) is 5.82 Å². The van der Waals surface area contributed by atoms with Gasteiger partial charge in [-0.25, -0.2) is 4.98 Å². The van der Waals surface area contributed by atoms with Gasteiger partial charge in [0.2, 0.25) is 5.95 Å². The van der Waals surface area contributed by atoms with Crippen molar-refractivity contribution in [2.45, 2.75) is 19.4 Å². The Labute approximate surface area is 146 Å². The first kappa shape index (κ1) is 15.2. The molecule has 0 radical (unpaired) electrons. The van der Waals surface area contributed by atoms with E-state index in [4.69, 9.17) is 5.26 Å². The monoisotopic (exact) mass is 327 g/mol. The quantitative estimate of drug-likeness (QED) is 0.782. The Morgan fingerprint density at radius 1 is 1.16 bits per heavy atom. The Balaban J connectivity index is 1.65. The molecule has 5 nitrogen and oxygen atoms in total. The Morgan fingerprint density at radius 3 is 2.92 bits per heavy atom. The van der Waals surface area contributed by atoms with E-state index in [2.05, 4.69) is 57.4 Å². The number of para-hydroxylation sites is 1. The van der Waals surface area contributed by atoms with Crippen LogP contribution < -0.4 is 10.2 Å². The topological polar surface area (TPSA) is 64.8 Å². The summed E-state index contributed by atoms with van der Waals surface area (Å²) in [5.41, 5.74) is 3.94. The number of rotatable bonds is 3. The number of nitrogens with zero attached hydrogens (tertiary/aromatic N) is 4. The fraction of sp³-hybridized carbons (Fsp3) is 0.150. The van der Waals surface area contributed by atoms with Gasteiger partial charge in [-0.05, 0) is 49.2 Å². The van der Waals surface area contributed by atoms with E-state index < -0.39 is 0 Å². The second-order valence-corrected chi connectivity index (χ2v) is 6.11. The molecular formula is C20H17N5. The highest BCUT2D eigenvalue weighted by Gasteiger charge is 2.27. The lowest BCUT2D eigenvalue weighted by Gasteiger charge is -2.24. The summed E-state index contributed by atoms with van der Waals surface area (Å²) in [5.74, 6) is 1.38. The van der Waals surface area contributed by atoms with Crippen molar-refractivity contribution in [2.75, 3.05) is 10.2 Å². The molecule has 0 aliphatic carbocycles. The Morgan fingerprint density at radius 2 is 2.04 bits per heavy atom. The van der Waals surface area contributed by atoms with Crippen LogP contribution in [0.5, 0.6) is 0 Å². The van der Waals surface area contributed by atoms with Crippen LogP contribution in [0.2, 0.25) is 0 Å². The van der Waals surface area contributed by atoms with Gasteiger partial charge in [0, 0.05) is 23.6 Å². The summed E-state index contributed by atoms with van der Waals surface area (Å²) >= 11 is 0. The van der Waals surface area contributed by atoms with Crippen molar-refractivity contribution in [1.82, 2.24) is 9.97 Å². The average Bonchev–Trinajstić information content (AvgIpc) is 2.98. The molecule has 4 rings (SSSR count). The molecule has 25 heavy (non-hydrogen) atoms. The van der Waals surface area contributed by atoms with Crippen molar-refractivity contribution in [3.8, 4) is 6.07 Å². The third kappa shape index (κ3) is 2.90. The van der Waals surface area contributed by atoms with Crippen LogP contribution in [0, 0.1) is 11.3 Å². The van der Waals surface area contributed by atoms with E-state index in [1.807, 2.05) is 18.2 Å². The first-order valence-electron chi connectivity index (χ1n) is 8.22. The molecule has 5 heteroatoms. The van der Waals surface area contributed by atoms with Crippen molar-refractivity contribution in [3.05, 3.63) is 71.9 Å². The molecule has 0 fully saturated rings. The molecule has 1 aliphatic rings. The lowest BCUT2D eigenvalue weighted by molar-refractivity contribution is 0.749. The van der Waals surface area contributed by atoms with Gasteiger partial charge in [-0.1, -0.05) is 24.3 Å². The zero-order chi connectivity index (χ0) is 17.2. The zero-order valence-electron chi connectivity index (χ0n) is 13.8. The van der Waals surface area contributed by atoms with Gasteiger partial charge in [0.15, 0.2) is 0 Å². The Hall–Kier alpha value is -3.39. The molecular weight excluding hydrogens is 310 g/mol. The highest BCUT2D eigenvalue weighted by atomic mass is 15.3. The molecule has 0 saturated heterocycles. The second-order valence-electron chi connectivity index (χ2n) is 6.11. The summed E-state index contributed by atoms with van der Waals surface area (Å²) < 4.78 is 0. The number of hydrogen-bond donors (Lipinski definition) is 1. The largest absolute Gasteiger partial charge is 0.324 e. The summed E-state index contributed by atoms with van der Waals surface area (Å²) in [5, 5.41) is 12.2. The minimum absolute atomic E-state index is 0.349. The molecule has 1 unspecified atom stereocenters. The third-order valence-electron chi connectivity index (χ3n) is 4.34. The van der Waals surface area contributed by atoms with Gasteiger partial charge < -0.3 is 10.2 Å². The molecule has 1 aromatic heterocycles. The molecule has 0 amide bonds. The van der Waals surface area contributed by atoms with Crippen LogP contribution in [0.15, 0.2) is 60.8 Å². The number of nitrogens with one attached hydrogen (secondary N) is 1. The van der Waals surface area contributed by atoms with E-state index >= 15 is 0 Å². The first-order chi connectivity index (χ1) is 12.2. The highest BCUT2D eigenvalue weighted by molar-refractivity contribution is 5.69. The maximum atomic E-state index is 9.02. The molecule has 1 N–H and O–H groups in total. The lowest BCUT2D eigenvalue weighted by atomic mass is 10.1. The van der Waals surface area contributed by atoms with Gasteiger partial charge in [-0.15, -0.1) is 0 Å². The average molecular weight is 327 g/mol. The predicted octanol–water partition coefficient (Wildman–Crippen LogP) is 4.17. The van der Waals surface area contributed by atoms with E-state index in [-0.39, 0.29) is 0 Å². The minimum atomic E-state index is 0.349. The number of aromatic nitrogens is 2. The van der Waals surface area contributed by atoms with E-state index in [0.29, 0.717) is 17.6 Å². The molecule has 122 valence electrons. The number of nitriles is 1. The smallest absolute Gasteiger partial charge is 0.229 e. The van der Waals surface area contributed by atoms with Crippen LogP contribution in [0.3, 0.4) is 0 Å². The summed E-state index contributed by atoms with van der Waals surface area (Å²) in [6.45, 7) is 2.20. The van der Waals surface area contributed by atoms with Crippen LogP contribution in [-0.2, 0) is 6.42 Å². The van der Waals surface area contributed by atoms with Gasteiger partial charge in [-0.2, -0.15) is 10.2 Å². The van der Waals surface area contributed by atoms with Crippen molar-refractivity contribution in [1.29, 1.82) is 5.26 Å². The Bertz CT molecular complexity index is 960. The van der Waals surface area contributed by atoms with Gasteiger partial charge in [-0.3, -0.25) is 0 Å². The van der Waals surface area contributed by atoms with E-state index in [0.717, 1.165) is 17.9 Å². The van der Waals surface area contributed by atoms with Crippen molar-refractivity contribution >= 4 is 23.1 Å². The van der Waals surface area contributed by atoms with Crippen molar-refractivity contribution in [2.24, 2.45) is 0 Å². The van der Waals surface area contributed by atoms with Crippen molar-refractivity contribution < 1.29 is 0 Å². The van der Waals surface area contributed by atoms with Crippen LogP contribution >= 0.6 is 0 Å². The maximum Gasteiger partial charge on any atom is 0.229 e. The van der Waals surface area contributed by atoms with Crippen LogP contribution in [0.4, 0.5) is 23.1 Å². The van der Waals surface area contributed by atoms with Gasteiger partial charge >= 0.3 is 0 Å². The Kier molecular flexibility index (Phi) is 3.79. The molecule has 0 saturated carbocycles. The fourth-order valence-electron chi connectivity index (χ4n) is 3.25. The minimum Gasteiger partial charge on any atom is -0.324 e. The number of benzene rings is 2. The molecule has 0 spiro atoms. The number of anilines is 4. The standard InChI is InChI=1S/C20H17N5/c1-14-11-16-6-2-3-8-18(16)25(14)19-9-10-22-20(24-19)23-17-7-4-5-15(12-17)13-21/h2-10,12,14H,11H2,1H3,(H,22,23,24). The summed E-state index contributed by atoms with van der Waals surface area (Å²) in [7, 11) is 0. The fourth-order valence-corrected chi connectivity index (χ4v) is 3.25. The summed E-state index contributed by atoms with van der Waals surface area (Å²) in [6.07, 6.45) is 2.76. The van der Waals surface area contributed by atoms with Gasteiger partial charge in [0.05, 0.1) is 11.6 Å². The van der Waals surface area contributed by atoms with Gasteiger partial charge in [0.25, 0.3) is 0 Å². The molecule has 3 aromatic rings. The molecule has 1 atom stereocenters. The highest BCUT2D eigenvalue weighted by Crippen LogP contribution is 2.37. The van der Waals surface area contributed by atoms with E-state index in [9.17, 15) is 0 Å². The van der Waals surface area contributed by atoms with Crippen LogP contribution in [0.1, 0.15) is 18.1 Å². The van der Waals surface area contributed by atoms with E-state index in [1.54, 1.807) is 18.3 Å². The number of fused-ring (bicyclic) bond motifs is 1. The normalized spacial score (nSPS) is 15.5. The molecule has 2 heterocycles. The molecule has 1 aliphatic heterocycles. The first-order valence-corrected chi connectivity index (χ1v) is 8.22. The molecule has 2 aromatic carbocycles. The third-order valence-corrected chi connectivity index (χ3v) is 4.34. The van der Waals surface area contributed by atoms with Crippen LogP contribution in [0.25, 0.3) is 0 Å². The maximum absolute atomic E-state index is 9.02. The number of hydrogen-bond acceptors (Lipinski definition) is 5. The summed E-state index contributed by atoms with van der Waals surface area (Å²) in [4.78, 5) is 11.2. The lowest BCUT2D eigenvalue weighted by Crippen LogP contribution is -2.25. The van der Waals surface area contributed by atoms with Crippen LogP contribution in [-0.4, -0.2) is 16.0 Å². The second kappa shape index (κ2) is 6.25. The van der Waals surface area contributed by atoms with Crippen molar-refractivity contribution in [3.63, 3.8) is 0 Å². The SMILES string of the molecule is CC1Cc2ccccc2N1c1ccnc(Nc2cccc(C#N)c2)n1. The predicted molar refractivity (Wildman–Crippen MR) is 98.2 cm³/mol. The molecule has 0 bridgehead atoms. The van der Waals surface area contributed by atoms with E-state index in [1.165, 1.54) is 11.3 Å². The zero-order valence-corrected chi connectivity index (χ0v) is 13.8.